The number of esters is 1. The summed E-state index contributed by atoms with van der Waals surface area (Å²) in [7, 11) is 0. The summed E-state index contributed by atoms with van der Waals surface area (Å²) >= 11 is 5.89. The first-order valence-electron chi connectivity index (χ1n) is 7.84. The molecule has 2 aromatic carbocycles. The molecule has 0 fully saturated rings. The van der Waals surface area contributed by atoms with Gasteiger partial charge in [-0.15, -0.1) is 0 Å². The molecule has 27 heavy (non-hydrogen) atoms. The molecule has 0 aliphatic carbocycles. The Kier molecular flexibility index (Phi) is 7.01. The molecule has 8 nitrogen and oxygen atoms in total. The van der Waals surface area contributed by atoms with Crippen LogP contribution in [0.3, 0.4) is 0 Å². The summed E-state index contributed by atoms with van der Waals surface area (Å²) in [6.07, 6.45) is -0.130. The van der Waals surface area contributed by atoms with E-state index in [1.54, 1.807) is 18.2 Å². The molecule has 0 radical (unpaired) electrons. The number of non-ortho nitro benzene ring substituents is 1. The third-order valence-electron chi connectivity index (χ3n) is 3.49. The number of nitrogens with one attached hydrogen (secondary N) is 1. The highest BCUT2D eigenvalue weighted by atomic mass is 35.5. The second-order valence-electron chi connectivity index (χ2n) is 5.37. The monoisotopic (exact) mass is 390 g/mol. The van der Waals surface area contributed by atoms with Gasteiger partial charge < -0.3 is 10.1 Å². The summed E-state index contributed by atoms with van der Waals surface area (Å²) in [6, 6.07) is 11.5. The van der Waals surface area contributed by atoms with Gasteiger partial charge in [-0.3, -0.25) is 24.5 Å². The quantitative estimate of drug-likeness (QED) is 0.320. The lowest BCUT2D eigenvalue weighted by Gasteiger charge is -2.07. The molecule has 0 bridgehead atoms. The van der Waals surface area contributed by atoms with Gasteiger partial charge in [0.05, 0.1) is 16.4 Å². The lowest BCUT2D eigenvalue weighted by molar-refractivity contribution is -0.384. The molecule has 0 aromatic heterocycles. The van der Waals surface area contributed by atoms with Gasteiger partial charge in [-0.2, -0.15) is 0 Å². The molecule has 2 rings (SSSR count). The van der Waals surface area contributed by atoms with E-state index in [4.69, 9.17) is 16.3 Å². The van der Waals surface area contributed by atoms with Gasteiger partial charge in [0.15, 0.2) is 6.61 Å². The normalized spacial score (nSPS) is 10.1. The molecule has 0 saturated heterocycles. The minimum atomic E-state index is -0.653. The first kappa shape index (κ1) is 20.1. The Morgan fingerprint density at radius 1 is 1.07 bits per heavy atom. The van der Waals surface area contributed by atoms with Crippen LogP contribution in [0.2, 0.25) is 5.02 Å². The number of carbonyl (C=O) groups is 3. The zero-order valence-electron chi connectivity index (χ0n) is 14.0. The van der Waals surface area contributed by atoms with Crippen molar-refractivity contribution in [2.45, 2.75) is 6.42 Å². The Hall–Kier alpha value is -3.26. The number of carbonyl (C=O) groups excluding carboxylic acids is 3. The van der Waals surface area contributed by atoms with Crippen LogP contribution in [0.5, 0.6) is 0 Å². The average Bonchev–Trinajstić information content (AvgIpc) is 2.66. The molecule has 0 spiro atoms. The van der Waals surface area contributed by atoms with E-state index in [1.807, 2.05) is 0 Å². The Morgan fingerprint density at radius 3 is 2.37 bits per heavy atom. The van der Waals surface area contributed by atoms with Gasteiger partial charge in [0, 0.05) is 29.8 Å². The minimum Gasteiger partial charge on any atom is -0.457 e. The molecule has 1 N–H and O–H groups in total. The van der Waals surface area contributed by atoms with Crippen molar-refractivity contribution in [1.82, 2.24) is 5.32 Å². The van der Waals surface area contributed by atoms with E-state index < -0.39 is 29.2 Å². The van der Waals surface area contributed by atoms with Crippen molar-refractivity contribution in [3.8, 4) is 0 Å². The van der Waals surface area contributed by atoms with Gasteiger partial charge in [-0.25, -0.2) is 0 Å². The number of benzene rings is 2. The van der Waals surface area contributed by atoms with E-state index in [-0.39, 0.29) is 34.8 Å². The number of nitrogens with zero attached hydrogens (tertiary/aromatic N) is 1. The average molecular weight is 391 g/mol. The molecule has 0 saturated carbocycles. The van der Waals surface area contributed by atoms with Crippen LogP contribution in [0.4, 0.5) is 5.69 Å². The topological polar surface area (TPSA) is 116 Å². The SMILES string of the molecule is O=C(CCNC(=O)c1ccc([N+](=O)[O-])cc1)OCC(=O)c1ccccc1Cl. The summed E-state index contributed by atoms with van der Waals surface area (Å²) in [5, 5.41) is 13.3. The minimum absolute atomic E-state index is 0.00502. The third-order valence-corrected chi connectivity index (χ3v) is 3.82. The zero-order valence-corrected chi connectivity index (χ0v) is 14.8. The Morgan fingerprint density at radius 2 is 1.74 bits per heavy atom. The molecular weight excluding hydrogens is 376 g/mol. The molecule has 140 valence electrons. The van der Waals surface area contributed by atoms with Crippen LogP contribution in [-0.4, -0.2) is 35.7 Å². The lowest BCUT2D eigenvalue weighted by Crippen LogP contribution is -2.27. The predicted molar refractivity (Wildman–Crippen MR) is 96.8 cm³/mol. The van der Waals surface area contributed by atoms with Crippen LogP contribution in [0.15, 0.2) is 48.5 Å². The van der Waals surface area contributed by atoms with Gasteiger partial charge >= 0.3 is 5.97 Å². The summed E-state index contributed by atoms with van der Waals surface area (Å²) < 4.78 is 4.87. The van der Waals surface area contributed by atoms with Gasteiger partial charge in [0.1, 0.15) is 0 Å². The van der Waals surface area contributed by atoms with Gasteiger partial charge in [0.2, 0.25) is 5.78 Å². The van der Waals surface area contributed by atoms with E-state index in [2.05, 4.69) is 5.32 Å². The predicted octanol–water partition coefficient (Wildman–Crippen LogP) is 2.79. The number of ketones is 1. The molecule has 2 aromatic rings. The highest BCUT2D eigenvalue weighted by Gasteiger charge is 2.13. The van der Waals surface area contributed by atoms with Crippen molar-refractivity contribution in [3.05, 3.63) is 74.8 Å². The first-order valence-corrected chi connectivity index (χ1v) is 8.22. The van der Waals surface area contributed by atoms with E-state index >= 15 is 0 Å². The van der Waals surface area contributed by atoms with Crippen LogP contribution >= 0.6 is 11.6 Å². The molecular formula is C18H15ClN2O6. The van der Waals surface area contributed by atoms with Crippen molar-refractivity contribution in [2.24, 2.45) is 0 Å². The van der Waals surface area contributed by atoms with Crippen molar-refractivity contribution >= 4 is 34.9 Å². The Bertz CT molecular complexity index is 866. The fraction of sp³-hybridized carbons (Fsp3) is 0.167. The zero-order chi connectivity index (χ0) is 19.8. The summed E-state index contributed by atoms with van der Waals surface area (Å²) in [5.74, 6) is -1.56. The summed E-state index contributed by atoms with van der Waals surface area (Å²) in [4.78, 5) is 45.5. The maximum Gasteiger partial charge on any atom is 0.308 e. The van der Waals surface area contributed by atoms with Crippen molar-refractivity contribution in [1.29, 1.82) is 0 Å². The number of nitro groups is 1. The third kappa shape index (κ3) is 5.89. The maximum atomic E-state index is 11.9. The number of rotatable bonds is 8. The Labute approximate surface area is 159 Å². The molecule has 0 atom stereocenters. The number of halogens is 1. The number of hydrogen-bond donors (Lipinski definition) is 1. The highest BCUT2D eigenvalue weighted by Crippen LogP contribution is 2.15. The molecule has 0 aliphatic rings. The van der Waals surface area contributed by atoms with Gasteiger partial charge in [-0.1, -0.05) is 23.7 Å². The van der Waals surface area contributed by atoms with Crippen LogP contribution in [0, 0.1) is 10.1 Å². The van der Waals surface area contributed by atoms with E-state index in [1.165, 1.54) is 30.3 Å². The largest absolute Gasteiger partial charge is 0.457 e. The summed E-state index contributed by atoms with van der Waals surface area (Å²) in [5.41, 5.74) is 0.361. The lowest BCUT2D eigenvalue weighted by atomic mass is 10.1. The van der Waals surface area contributed by atoms with Gasteiger partial charge in [-0.05, 0) is 24.3 Å². The van der Waals surface area contributed by atoms with Gasteiger partial charge in [0.25, 0.3) is 11.6 Å². The smallest absolute Gasteiger partial charge is 0.308 e. The van der Waals surface area contributed by atoms with Crippen LogP contribution in [-0.2, 0) is 9.53 Å². The first-order chi connectivity index (χ1) is 12.9. The van der Waals surface area contributed by atoms with Crippen molar-refractivity contribution in [3.63, 3.8) is 0 Å². The molecule has 1 amide bonds. The second kappa shape index (κ2) is 9.44. The summed E-state index contributed by atoms with van der Waals surface area (Å²) in [6.45, 7) is -0.451. The number of hydrogen-bond acceptors (Lipinski definition) is 6. The van der Waals surface area contributed by atoms with Crippen LogP contribution in [0.25, 0.3) is 0 Å². The number of nitro benzene ring substituents is 1. The van der Waals surface area contributed by atoms with Crippen LogP contribution in [0.1, 0.15) is 27.1 Å². The van der Waals surface area contributed by atoms with Crippen LogP contribution < -0.4 is 5.32 Å². The fourth-order valence-electron chi connectivity index (χ4n) is 2.10. The number of ether oxygens (including phenoxy) is 1. The Balaban J connectivity index is 1.74. The number of Topliss-reactive ketones (excluding diaryl/α,β-unsaturated/α-hetero) is 1. The highest BCUT2D eigenvalue weighted by molar-refractivity contribution is 6.34. The standard InChI is InChI=1S/C18H15ClN2O6/c19-15-4-2-1-3-14(15)16(22)11-27-17(23)9-10-20-18(24)12-5-7-13(8-6-12)21(25)26/h1-8H,9-11H2,(H,20,24). The molecule has 9 heteroatoms. The van der Waals surface area contributed by atoms with E-state index in [9.17, 15) is 24.5 Å². The van der Waals surface area contributed by atoms with E-state index in [0.717, 1.165) is 0 Å². The van der Waals surface area contributed by atoms with E-state index in [0.29, 0.717) is 0 Å². The number of amides is 1. The van der Waals surface area contributed by atoms with Crippen molar-refractivity contribution in [2.75, 3.05) is 13.2 Å². The molecule has 0 unspecified atom stereocenters. The fourth-order valence-corrected chi connectivity index (χ4v) is 2.34. The molecule has 0 heterocycles. The maximum absolute atomic E-state index is 11.9. The molecule has 0 aliphatic heterocycles. The second-order valence-corrected chi connectivity index (χ2v) is 5.78. The van der Waals surface area contributed by atoms with Crippen molar-refractivity contribution < 1.29 is 24.0 Å².